The Morgan fingerprint density at radius 2 is 1.77 bits per heavy atom. The molecule has 8 nitrogen and oxygen atoms in total. The molecule has 43 heavy (non-hydrogen) atoms. The quantitative estimate of drug-likeness (QED) is 0.254. The Morgan fingerprint density at radius 3 is 2.44 bits per heavy atom. The molecule has 0 spiro atoms. The fraction of sp³-hybridized carbons (Fsp3) is 0.382. The van der Waals surface area contributed by atoms with E-state index in [1.807, 2.05) is 69.9 Å². The summed E-state index contributed by atoms with van der Waals surface area (Å²) in [7, 11) is 0. The van der Waals surface area contributed by atoms with Gasteiger partial charge in [0.05, 0.1) is 16.8 Å². The molecule has 3 aromatic heterocycles. The topological polar surface area (TPSA) is 84.2 Å². The van der Waals surface area contributed by atoms with E-state index in [0.29, 0.717) is 41.2 Å². The summed E-state index contributed by atoms with van der Waals surface area (Å²) in [4.78, 5) is 44.5. The fourth-order valence-electron chi connectivity index (χ4n) is 6.06. The maximum Gasteiger partial charge on any atom is 0.355 e. The molecule has 9 heteroatoms. The van der Waals surface area contributed by atoms with Crippen molar-refractivity contribution in [1.29, 1.82) is 0 Å². The molecular formula is C34H39FN6O2. The van der Waals surface area contributed by atoms with Gasteiger partial charge in [-0.15, -0.1) is 0 Å². The van der Waals surface area contributed by atoms with Gasteiger partial charge in [0, 0.05) is 36.9 Å². The summed E-state index contributed by atoms with van der Waals surface area (Å²) < 4.78 is 17.7. The molecule has 2 unspecified atom stereocenters. The molecule has 1 aliphatic heterocycles. The highest BCUT2D eigenvalue weighted by Gasteiger charge is 2.34. The van der Waals surface area contributed by atoms with E-state index in [2.05, 4.69) is 30.4 Å². The molecule has 1 amide bonds. The number of amides is 1. The molecule has 0 bridgehead atoms. The Morgan fingerprint density at radius 1 is 1.05 bits per heavy atom. The lowest BCUT2D eigenvalue weighted by atomic mass is 9.94. The lowest BCUT2D eigenvalue weighted by Gasteiger charge is -2.44. The van der Waals surface area contributed by atoms with E-state index in [0.717, 1.165) is 16.8 Å². The zero-order valence-electron chi connectivity index (χ0n) is 25.9. The van der Waals surface area contributed by atoms with Crippen molar-refractivity contribution >= 4 is 22.8 Å². The number of aryl methyl sites for hydroxylation is 1. The van der Waals surface area contributed by atoms with Crippen LogP contribution in [0.1, 0.15) is 70.2 Å². The van der Waals surface area contributed by atoms with Gasteiger partial charge in [-0.05, 0) is 61.9 Å². The molecule has 1 fully saturated rings. The second-order valence-electron chi connectivity index (χ2n) is 12.0. The number of aromatic nitrogens is 4. The third kappa shape index (κ3) is 5.32. The maximum atomic E-state index is 16.2. The number of piperazine rings is 1. The van der Waals surface area contributed by atoms with Gasteiger partial charge in [0.1, 0.15) is 17.3 Å². The van der Waals surface area contributed by atoms with Gasteiger partial charge in [0.25, 0.3) is 0 Å². The molecule has 224 valence electrons. The van der Waals surface area contributed by atoms with Gasteiger partial charge in [0.15, 0.2) is 5.65 Å². The molecule has 2 atom stereocenters. The van der Waals surface area contributed by atoms with Crippen LogP contribution in [0.15, 0.2) is 60.0 Å². The lowest BCUT2D eigenvalue weighted by Crippen LogP contribution is -2.58. The average Bonchev–Trinajstić information content (AvgIpc) is 2.97. The van der Waals surface area contributed by atoms with E-state index in [9.17, 15) is 9.59 Å². The predicted molar refractivity (Wildman–Crippen MR) is 169 cm³/mol. The van der Waals surface area contributed by atoms with Crippen molar-refractivity contribution in [3.8, 4) is 16.9 Å². The molecule has 0 N–H and O–H groups in total. The Labute approximate surface area is 251 Å². The van der Waals surface area contributed by atoms with E-state index in [1.54, 1.807) is 11.1 Å². The van der Waals surface area contributed by atoms with Gasteiger partial charge in [-0.1, -0.05) is 58.5 Å². The van der Waals surface area contributed by atoms with Crippen LogP contribution in [0.3, 0.4) is 0 Å². The number of carbonyl (C=O) groups excluding carboxylic acids is 1. The van der Waals surface area contributed by atoms with Gasteiger partial charge in [0.2, 0.25) is 5.91 Å². The Balaban J connectivity index is 1.84. The van der Waals surface area contributed by atoms with Crippen LogP contribution in [0.25, 0.3) is 28.0 Å². The second-order valence-corrected chi connectivity index (χ2v) is 12.0. The van der Waals surface area contributed by atoms with Crippen molar-refractivity contribution < 1.29 is 9.18 Å². The summed E-state index contributed by atoms with van der Waals surface area (Å²) >= 11 is 0. The number of fused-ring (bicyclic) bond motifs is 1. The summed E-state index contributed by atoms with van der Waals surface area (Å²) in [5, 5.41) is 0.420. The number of hydrogen-bond acceptors (Lipinski definition) is 6. The lowest BCUT2D eigenvalue weighted by molar-refractivity contribution is -0.128. The van der Waals surface area contributed by atoms with Crippen LogP contribution in [0.4, 0.5) is 10.2 Å². The third-order valence-electron chi connectivity index (χ3n) is 8.28. The molecule has 1 saturated heterocycles. The number of anilines is 1. The SMILES string of the molecule is C=CC(=O)N1CC(C)N(c2nc(=O)n(-c3c(C)ccnc3C(C)C)c3nc(-c4ccccc4C(C)C)c(F)cc23)CC1C. The van der Waals surface area contributed by atoms with E-state index >= 15 is 4.39 Å². The monoisotopic (exact) mass is 582 g/mol. The summed E-state index contributed by atoms with van der Waals surface area (Å²) in [5.41, 5.74) is 3.79. The summed E-state index contributed by atoms with van der Waals surface area (Å²) in [5.74, 6) is -0.157. The number of pyridine rings is 2. The van der Waals surface area contributed by atoms with Gasteiger partial charge in [-0.2, -0.15) is 4.98 Å². The van der Waals surface area contributed by atoms with Crippen molar-refractivity contribution in [2.24, 2.45) is 0 Å². The van der Waals surface area contributed by atoms with Crippen molar-refractivity contribution in [3.05, 3.63) is 88.4 Å². The van der Waals surface area contributed by atoms with E-state index in [-0.39, 0.29) is 35.5 Å². The molecule has 1 aliphatic rings. The van der Waals surface area contributed by atoms with Crippen LogP contribution in [-0.2, 0) is 4.79 Å². The molecular weight excluding hydrogens is 543 g/mol. The van der Waals surface area contributed by atoms with Gasteiger partial charge in [-0.3, -0.25) is 9.78 Å². The van der Waals surface area contributed by atoms with Crippen molar-refractivity contribution in [2.45, 2.75) is 72.4 Å². The van der Waals surface area contributed by atoms with Gasteiger partial charge < -0.3 is 9.80 Å². The smallest absolute Gasteiger partial charge is 0.349 e. The highest BCUT2D eigenvalue weighted by atomic mass is 19.1. The highest BCUT2D eigenvalue weighted by molar-refractivity contribution is 5.91. The standard InChI is InChI=1S/C34H39FN6O2/c1-9-28(42)39-17-23(8)40(18-22(39)7)32-26-16-27(35)30(25-13-11-10-12-24(25)19(2)3)37-33(26)41(34(43)38-32)31-21(6)14-15-36-29(31)20(4)5/h9-16,19-20,22-23H,1,17-18H2,2-8H3. The predicted octanol–water partition coefficient (Wildman–Crippen LogP) is 6.15. The van der Waals surface area contributed by atoms with E-state index in [4.69, 9.17) is 4.98 Å². The Hall–Kier alpha value is -4.40. The zero-order valence-corrected chi connectivity index (χ0v) is 25.9. The summed E-state index contributed by atoms with van der Waals surface area (Å²) in [6.45, 7) is 18.4. The molecule has 0 saturated carbocycles. The molecule has 0 radical (unpaired) electrons. The molecule has 0 aliphatic carbocycles. The first-order valence-corrected chi connectivity index (χ1v) is 14.8. The molecule has 5 rings (SSSR count). The van der Waals surface area contributed by atoms with Crippen molar-refractivity contribution in [1.82, 2.24) is 24.4 Å². The average molecular weight is 583 g/mol. The largest absolute Gasteiger partial charge is 0.355 e. The normalized spacial score (nSPS) is 17.3. The van der Waals surface area contributed by atoms with Crippen LogP contribution in [0.5, 0.6) is 0 Å². The number of carbonyl (C=O) groups is 1. The number of halogens is 1. The minimum Gasteiger partial charge on any atom is -0.349 e. The first kappa shape index (κ1) is 30.1. The molecule has 4 aromatic rings. The fourth-order valence-corrected chi connectivity index (χ4v) is 6.06. The van der Waals surface area contributed by atoms with E-state index in [1.165, 1.54) is 16.7 Å². The molecule has 4 heterocycles. The van der Waals surface area contributed by atoms with Gasteiger partial charge >= 0.3 is 5.69 Å². The number of rotatable bonds is 6. The first-order valence-electron chi connectivity index (χ1n) is 14.8. The van der Waals surface area contributed by atoms with Gasteiger partial charge in [-0.25, -0.2) is 18.7 Å². The van der Waals surface area contributed by atoms with Crippen LogP contribution in [0.2, 0.25) is 0 Å². The zero-order chi connectivity index (χ0) is 31.2. The number of hydrogen-bond donors (Lipinski definition) is 0. The van der Waals surface area contributed by atoms with Crippen LogP contribution in [0, 0.1) is 12.7 Å². The summed E-state index contributed by atoms with van der Waals surface area (Å²) in [6, 6.07) is 10.6. The van der Waals surface area contributed by atoms with Crippen LogP contribution in [-0.4, -0.2) is 55.5 Å². The minimum absolute atomic E-state index is 0.00876. The van der Waals surface area contributed by atoms with E-state index < -0.39 is 11.5 Å². The Bertz CT molecular complexity index is 1780. The second kappa shape index (κ2) is 11.7. The minimum atomic E-state index is -0.521. The highest BCUT2D eigenvalue weighted by Crippen LogP contribution is 2.36. The third-order valence-corrected chi connectivity index (χ3v) is 8.28. The summed E-state index contributed by atoms with van der Waals surface area (Å²) in [6.07, 6.45) is 3.04. The first-order chi connectivity index (χ1) is 20.4. The number of nitrogens with zero attached hydrogens (tertiary/aromatic N) is 6. The molecule has 1 aromatic carbocycles. The van der Waals surface area contributed by atoms with Crippen LogP contribution >= 0.6 is 0 Å². The Kier molecular flexibility index (Phi) is 8.18. The van der Waals surface area contributed by atoms with Crippen molar-refractivity contribution in [3.63, 3.8) is 0 Å². The van der Waals surface area contributed by atoms with Crippen molar-refractivity contribution in [2.75, 3.05) is 18.0 Å². The maximum absolute atomic E-state index is 16.2. The number of benzene rings is 1. The van der Waals surface area contributed by atoms with Crippen LogP contribution < -0.4 is 10.6 Å².